The van der Waals surface area contributed by atoms with Crippen molar-refractivity contribution in [3.8, 4) is 5.75 Å². The molecule has 1 aromatic carbocycles. The summed E-state index contributed by atoms with van der Waals surface area (Å²) in [6, 6.07) is 7.37. The molecular formula is C13H13N3O3. The van der Waals surface area contributed by atoms with Crippen molar-refractivity contribution >= 4 is 17.3 Å². The molecule has 2 aromatic rings. The van der Waals surface area contributed by atoms with Gasteiger partial charge in [-0.3, -0.25) is 9.59 Å². The molecule has 0 spiro atoms. The molecule has 4 N–H and O–H groups in total. The Bertz CT molecular complexity index is 692. The van der Waals surface area contributed by atoms with E-state index in [2.05, 4.69) is 5.32 Å². The van der Waals surface area contributed by atoms with Crippen molar-refractivity contribution in [1.82, 2.24) is 4.57 Å². The lowest BCUT2D eigenvalue weighted by atomic mass is 10.1. The number of anilines is 2. The summed E-state index contributed by atoms with van der Waals surface area (Å²) < 4.78 is 1.34. The van der Waals surface area contributed by atoms with Gasteiger partial charge in [-0.25, -0.2) is 0 Å². The number of hydrogen-bond acceptors (Lipinski definition) is 4. The third-order valence-electron chi connectivity index (χ3n) is 2.66. The van der Waals surface area contributed by atoms with Crippen LogP contribution in [-0.4, -0.2) is 15.6 Å². The number of carbonyl (C=O) groups excluding carboxylic acids is 1. The van der Waals surface area contributed by atoms with Crippen LogP contribution in [0.2, 0.25) is 0 Å². The van der Waals surface area contributed by atoms with E-state index in [0.717, 1.165) is 0 Å². The first-order valence-corrected chi connectivity index (χ1v) is 5.54. The second-order valence-corrected chi connectivity index (χ2v) is 4.06. The Hall–Kier alpha value is -2.76. The zero-order valence-corrected chi connectivity index (χ0v) is 10.3. The highest BCUT2D eigenvalue weighted by atomic mass is 16.3. The van der Waals surface area contributed by atoms with Gasteiger partial charge >= 0.3 is 0 Å². The first kappa shape index (κ1) is 12.7. The lowest BCUT2D eigenvalue weighted by molar-refractivity contribution is 0.102. The van der Waals surface area contributed by atoms with Gasteiger partial charge in [-0.15, -0.1) is 0 Å². The quantitative estimate of drug-likeness (QED) is 0.552. The highest BCUT2D eigenvalue weighted by molar-refractivity contribution is 6.07. The van der Waals surface area contributed by atoms with Gasteiger partial charge in [-0.05, 0) is 18.2 Å². The largest absolute Gasteiger partial charge is 0.505 e. The molecule has 98 valence electrons. The number of nitrogen functional groups attached to an aromatic ring is 1. The van der Waals surface area contributed by atoms with Gasteiger partial charge in [-0.2, -0.15) is 0 Å². The van der Waals surface area contributed by atoms with E-state index in [1.165, 1.54) is 35.0 Å². The monoisotopic (exact) mass is 259 g/mol. The number of hydrogen-bond donors (Lipinski definition) is 3. The van der Waals surface area contributed by atoms with Crippen LogP contribution < -0.4 is 16.6 Å². The Morgan fingerprint density at radius 1 is 1.32 bits per heavy atom. The average Bonchev–Trinajstić information content (AvgIpc) is 2.37. The molecule has 19 heavy (non-hydrogen) atoms. The van der Waals surface area contributed by atoms with E-state index >= 15 is 0 Å². The van der Waals surface area contributed by atoms with Crippen LogP contribution in [0.5, 0.6) is 5.75 Å². The normalized spacial score (nSPS) is 10.2. The molecule has 0 aliphatic carbocycles. The van der Waals surface area contributed by atoms with Gasteiger partial charge in [0.25, 0.3) is 5.91 Å². The second-order valence-electron chi connectivity index (χ2n) is 4.06. The fourth-order valence-electron chi connectivity index (χ4n) is 1.61. The molecule has 0 radical (unpaired) electrons. The number of aromatic hydroxyl groups is 1. The van der Waals surface area contributed by atoms with Gasteiger partial charge in [0.1, 0.15) is 0 Å². The van der Waals surface area contributed by atoms with Gasteiger partial charge in [0.15, 0.2) is 5.75 Å². The molecule has 0 unspecified atom stereocenters. The van der Waals surface area contributed by atoms with Crippen LogP contribution in [0.15, 0.2) is 41.3 Å². The van der Waals surface area contributed by atoms with Crippen LogP contribution in [0, 0.1) is 0 Å². The summed E-state index contributed by atoms with van der Waals surface area (Å²) in [7, 11) is 1.58. The minimum atomic E-state index is -0.497. The maximum Gasteiger partial charge on any atom is 0.259 e. The van der Waals surface area contributed by atoms with E-state index in [-0.39, 0.29) is 22.6 Å². The molecule has 0 aliphatic rings. The van der Waals surface area contributed by atoms with E-state index in [4.69, 9.17) is 5.73 Å². The topological polar surface area (TPSA) is 97.3 Å². The Balaban J connectivity index is 2.28. The number of carbonyl (C=O) groups is 1. The number of phenolic OH excluding ortho intramolecular Hbond substituents is 1. The van der Waals surface area contributed by atoms with Gasteiger partial charge in [0.05, 0.1) is 16.9 Å². The van der Waals surface area contributed by atoms with Crippen molar-refractivity contribution < 1.29 is 9.90 Å². The van der Waals surface area contributed by atoms with E-state index in [1.807, 2.05) is 0 Å². The Morgan fingerprint density at radius 3 is 2.74 bits per heavy atom. The summed E-state index contributed by atoms with van der Waals surface area (Å²) in [4.78, 5) is 23.2. The number of amides is 1. The fraction of sp³-hybridized carbons (Fsp3) is 0.0769. The number of phenols is 1. The molecule has 0 saturated heterocycles. The third-order valence-corrected chi connectivity index (χ3v) is 2.66. The molecule has 0 bridgehead atoms. The SMILES string of the molecule is Cn1cc(NC(=O)c2cccc(N)c2O)ccc1=O. The zero-order valence-electron chi connectivity index (χ0n) is 10.3. The lowest BCUT2D eigenvalue weighted by Crippen LogP contribution is -2.18. The summed E-state index contributed by atoms with van der Waals surface area (Å²) in [5.41, 5.74) is 6.01. The van der Waals surface area contributed by atoms with Crippen molar-refractivity contribution in [3.63, 3.8) is 0 Å². The minimum Gasteiger partial charge on any atom is -0.505 e. The smallest absolute Gasteiger partial charge is 0.259 e. The Morgan fingerprint density at radius 2 is 2.05 bits per heavy atom. The highest BCUT2D eigenvalue weighted by Crippen LogP contribution is 2.24. The number of aromatic nitrogens is 1. The van der Waals surface area contributed by atoms with Crippen LogP contribution in [-0.2, 0) is 7.05 Å². The maximum atomic E-state index is 12.0. The number of nitrogens with zero attached hydrogens (tertiary/aromatic N) is 1. The summed E-state index contributed by atoms with van der Waals surface area (Å²) in [5, 5.41) is 12.3. The van der Waals surface area contributed by atoms with Crippen molar-refractivity contribution in [3.05, 3.63) is 52.4 Å². The number of rotatable bonds is 2. The van der Waals surface area contributed by atoms with Gasteiger partial charge in [0.2, 0.25) is 5.56 Å². The third kappa shape index (κ3) is 2.57. The Kier molecular flexibility index (Phi) is 3.24. The zero-order chi connectivity index (χ0) is 14.0. The molecule has 0 fully saturated rings. The molecule has 2 rings (SSSR count). The number of nitrogens with one attached hydrogen (secondary N) is 1. The lowest BCUT2D eigenvalue weighted by Gasteiger charge is -2.08. The summed E-state index contributed by atoms with van der Waals surface area (Å²) in [5.74, 6) is -0.756. The minimum absolute atomic E-state index is 0.0776. The molecule has 0 saturated carbocycles. The van der Waals surface area contributed by atoms with Crippen LogP contribution in [0.1, 0.15) is 10.4 Å². The van der Waals surface area contributed by atoms with Crippen molar-refractivity contribution in [2.24, 2.45) is 7.05 Å². The number of nitrogens with two attached hydrogens (primary N) is 1. The molecule has 0 atom stereocenters. The highest BCUT2D eigenvalue weighted by Gasteiger charge is 2.13. The second kappa shape index (κ2) is 4.85. The summed E-state index contributed by atoms with van der Waals surface area (Å²) in [6.07, 6.45) is 1.49. The van der Waals surface area contributed by atoms with Crippen LogP contribution in [0.25, 0.3) is 0 Å². The van der Waals surface area contributed by atoms with E-state index < -0.39 is 5.91 Å². The Labute approximate surface area is 109 Å². The maximum absolute atomic E-state index is 12.0. The standard InChI is InChI=1S/C13H13N3O3/c1-16-7-8(5-6-11(16)17)15-13(19)9-3-2-4-10(14)12(9)18/h2-7,18H,14H2,1H3,(H,15,19). The van der Waals surface area contributed by atoms with Gasteiger partial charge in [-0.1, -0.05) is 6.07 Å². The molecule has 1 amide bonds. The van der Waals surface area contributed by atoms with Crippen molar-refractivity contribution in [2.75, 3.05) is 11.1 Å². The first-order valence-electron chi connectivity index (χ1n) is 5.54. The number of benzene rings is 1. The number of aryl methyl sites for hydroxylation is 1. The fourth-order valence-corrected chi connectivity index (χ4v) is 1.61. The summed E-state index contributed by atoms with van der Waals surface area (Å²) >= 11 is 0. The van der Waals surface area contributed by atoms with Crippen molar-refractivity contribution in [2.45, 2.75) is 0 Å². The summed E-state index contributed by atoms with van der Waals surface area (Å²) in [6.45, 7) is 0. The molecule has 6 heteroatoms. The van der Waals surface area contributed by atoms with Crippen LogP contribution in [0.4, 0.5) is 11.4 Å². The van der Waals surface area contributed by atoms with Crippen molar-refractivity contribution in [1.29, 1.82) is 0 Å². The van der Waals surface area contributed by atoms with Crippen LogP contribution >= 0.6 is 0 Å². The average molecular weight is 259 g/mol. The van der Waals surface area contributed by atoms with E-state index in [9.17, 15) is 14.7 Å². The first-order chi connectivity index (χ1) is 8.99. The molecular weight excluding hydrogens is 246 g/mol. The predicted molar refractivity (Wildman–Crippen MR) is 72.2 cm³/mol. The molecule has 1 aromatic heterocycles. The molecule has 6 nitrogen and oxygen atoms in total. The van der Waals surface area contributed by atoms with E-state index in [0.29, 0.717) is 5.69 Å². The van der Waals surface area contributed by atoms with Crippen LogP contribution in [0.3, 0.4) is 0 Å². The molecule has 0 aliphatic heterocycles. The van der Waals surface area contributed by atoms with Gasteiger partial charge in [0, 0.05) is 19.3 Å². The van der Waals surface area contributed by atoms with Gasteiger partial charge < -0.3 is 20.7 Å². The molecule has 1 heterocycles. The number of pyridine rings is 1. The number of para-hydroxylation sites is 1. The van der Waals surface area contributed by atoms with E-state index in [1.54, 1.807) is 13.1 Å². The predicted octanol–water partition coefficient (Wildman–Crippen LogP) is 0.925.